The zero-order chi connectivity index (χ0) is 21.4. The Morgan fingerprint density at radius 3 is 2.53 bits per heavy atom. The van der Waals surface area contributed by atoms with Crippen LogP contribution >= 0.6 is 34.5 Å². The molecule has 2 aromatic carbocycles. The van der Waals surface area contributed by atoms with Crippen molar-refractivity contribution in [2.45, 2.75) is 13.0 Å². The number of esters is 1. The maximum atomic E-state index is 13.4. The number of nitrogens with zero attached hydrogens (tertiary/aromatic N) is 2. The van der Waals surface area contributed by atoms with E-state index in [2.05, 4.69) is 4.99 Å². The number of thiazole rings is 1. The molecule has 5 nitrogen and oxygen atoms in total. The number of hydrogen-bond donors (Lipinski definition) is 0. The average Bonchev–Trinajstić information content (AvgIpc) is 3.03. The molecule has 0 spiro atoms. The second-order valence-electron chi connectivity index (χ2n) is 6.65. The minimum Gasteiger partial charge on any atom is -0.466 e. The number of allylic oxidation sites excluding steroid dienone is 1. The minimum absolute atomic E-state index is 0.257. The molecule has 0 radical (unpaired) electrons. The summed E-state index contributed by atoms with van der Waals surface area (Å²) in [5, 5.41) is 1.07. The summed E-state index contributed by atoms with van der Waals surface area (Å²) in [6.45, 7) is 1.73. The first kappa shape index (κ1) is 20.6. The van der Waals surface area contributed by atoms with Gasteiger partial charge >= 0.3 is 5.97 Å². The fourth-order valence-electron chi connectivity index (χ4n) is 3.39. The van der Waals surface area contributed by atoms with Crippen molar-refractivity contribution >= 4 is 46.6 Å². The summed E-state index contributed by atoms with van der Waals surface area (Å²) in [7, 11) is 1.30. The predicted molar refractivity (Wildman–Crippen MR) is 119 cm³/mol. The molecule has 1 aliphatic rings. The Balaban J connectivity index is 2.00. The average molecular weight is 459 g/mol. The first-order valence-electron chi connectivity index (χ1n) is 9.01. The lowest BCUT2D eigenvalue weighted by atomic mass is 9.96. The molecule has 0 bridgehead atoms. The molecule has 0 unspecified atom stereocenters. The monoisotopic (exact) mass is 458 g/mol. The fourth-order valence-corrected chi connectivity index (χ4v) is 4.81. The topological polar surface area (TPSA) is 60.7 Å². The Bertz CT molecular complexity index is 1350. The molecule has 0 aliphatic carbocycles. The van der Waals surface area contributed by atoms with Crippen molar-refractivity contribution in [1.29, 1.82) is 0 Å². The van der Waals surface area contributed by atoms with Gasteiger partial charge in [-0.3, -0.25) is 9.36 Å². The highest BCUT2D eigenvalue weighted by atomic mass is 35.5. The molecule has 0 N–H and O–H groups in total. The van der Waals surface area contributed by atoms with E-state index in [1.807, 2.05) is 18.2 Å². The second kappa shape index (κ2) is 8.22. The Labute approximate surface area is 186 Å². The van der Waals surface area contributed by atoms with E-state index in [-0.39, 0.29) is 11.1 Å². The number of halogens is 2. The van der Waals surface area contributed by atoms with Gasteiger partial charge < -0.3 is 4.74 Å². The molecular formula is C22H16Cl2N2O3S. The van der Waals surface area contributed by atoms with Gasteiger partial charge in [0.05, 0.1) is 22.9 Å². The first-order chi connectivity index (χ1) is 14.4. The number of hydrogen-bond acceptors (Lipinski definition) is 5. The van der Waals surface area contributed by atoms with Crippen molar-refractivity contribution in [3.05, 3.63) is 101 Å². The van der Waals surface area contributed by atoms with Gasteiger partial charge in [0.2, 0.25) is 0 Å². The summed E-state index contributed by atoms with van der Waals surface area (Å²) in [6, 6.07) is 13.6. The van der Waals surface area contributed by atoms with Crippen molar-refractivity contribution < 1.29 is 9.53 Å². The zero-order valence-electron chi connectivity index (χ0n) is 16.1. The highest BCUT2D eigenvalue weighted by Gasteiger charge is 2.34. The van der Waals surface area contributed by atoms with Crippen molar-refractivity contribution in [1.82, 2.24) is 4.57 Å². The summed E-state index contributed by atoms with van der Waals surface area (Å²) in [5.74, 6) is -0.548. The van der Waals surface area contributed by atoms with Gasteiger partial charge in [0, 0.05) is 10.0 Å². The largest absolute Gasteiger partial charge is 0.466 e. The number of methoxy groups -OCH3 is 1. The van der Waals surface area contributed by atoms with E-state index >= 15 is 0 Å². The Hall–Kier alpha value is -2.67. The van der Waals surface area contributed by atoms with Crippen LogP contribution < -0.4 is 14.9 Å². The summed E-state index contributed by atoms with van der Waals surface area (Å²) < 4.78 is 6.99. The van der Waals surface area contributed by atoms with Crippen molar-refractivity contribution in [2.24, 2.45) is 4.99 Å². The highest BCUT2D eigenvalue weighted by molar-refractivity contribution is 7.07. The molecule has 0 fully saturated rings. The summed E-state index contributed by atoms with van der Waals surface area (Å²) in [6.07, 6.45) is 1.78. The van der Waals surface area contributed by atoms with Crippen LogP contribution in [-0.4, -0.2) is 17.6 Å². The van der Waals surface area contributed by atoms with E-state index in [4.69, 9.17) is 27.9 Å². The van der Waals surface area contributed by atoms with Crippen LogP contribution in [-0.2, 0) is 9.53 Å². The fraction of sp³-hybridized carbons (Fsp3) is 0.136. The van der Waals surface area contributed by atoms with Gasteiger partial charge in [0.25, 0.3) is 5.56 Å². The lowest BCUT2D eigenvalue weighted by Gasteiger charge is -2.25. The predicted octanol–water partition coefficient (Wildman–Crippen LogP) is 3.72. The number of fused-ring (bicyclic) bond motifs is 1. The molecule has 4 rings (SSSR count). The molecule has 8 heteroatoms. The first-order valence-corrected chi connectivity index (χ1v) is 10.6. The van der Waals surface area contributed by atoms with Crippen molar-refractivity contribution in [3.63, 3.8) is 0 Å². The quantitative estimate of drug-likeness (QED) is 0.561. The van der Waals surface area contributed by atoms with Crippen LogP contribution in [0.3, 0.4) is 0 Å². The van der Waals surface area contributed by atoms with Gasteiger partial charge in [-0.25, -0.2) is 9.79 Å². The van der Waals surface area contributed by atoms with Crippen molar-refractivity contribution in [2.75, 3.05) is 7.11 Å². The maximum absolute atomic E-state index is 13.4. The second-order valence-corrected chi connectivity index (χ2v) is 8.50. The smallest absolute Gasteiger partial charge is 0.338 e. The Morgan fingerprint density at radius 2 is 1.87 bits per heavy atom. The third-order valence-electron chi connectivity index (χ3n) is 4.79. The number of ether oxygens (including phenoxy) is 1. The van der Waals surface area contributed by atoms with Gasteiger partial charge in [-0.15, -0.1) is 0 Å². The molecule has 2 heterocycles. The number of rotatable bonds is 3. The summed E-state index contributed by atoms with van der Waals surface area (Å²) >= 11 is 13.7. The number of aromatic nitrogens is 1. The lowest BCUT2D eigenvalue weighted by molar-refractivity contribution is -0.136. The maximum Gasteiger partial charge on any atom is 0.338 e. The van der Waals surface area contributed by atoms with Crippen LogP contribution in [0.2, 0.25) is 10.0 Å². The lowest BCUT2D eigenvalue weighted by Crippen LogP contribution is -2.39. The SMILES string of the molecule is COC(=O)C1=C(C)N=c2s/c(=C\c3ccc(Cl)cc3)c(=O)n2[C@@H]1c1ccccc1Cl. The molecule has 0 saturated carbocycles. The standard InChI is InChI=1S/C22H16Cl2N2O3S/c1-12-18(21(28)29-2)19(15-5-3-4-6-16(15)24)26-20(27)17(30-22(26)25-12)11-13-7-9-14(23)10-8-13/h3-11,19H,1-2H3/b17-11-/t19-/m1/s1. The third-order valence-corrected chi connectivity index (χ3v) is 6.37. The third kappa shape index (κ3) is 3.62. The van der Waals surface area contributed by atoms with E-state index in [9.17, 15) is 9.59 Å². The Kier molecular flexibility index (Phi) is 5.64. The van der Waals surface area contributed by atoms with Crippen LogP contribution in [0.5, 0.6) is 0 Å². The molecule has 30 heavy (non-hydrogen) atoms. The molecular weight excluding hydrogens is 443 g/mol. The zero-order valence-corrected chi connectivity index (χ0v) is 18.4. The number of carbonyl (C=O) groups is 1. The number of benzene rings is 2. The van der Waals surface area contributed by atoms with Crippen LogP contribution in [0.1, 0.15) is 24.1 Å². The van der Waals surface area contributed by atoms with Crippen molar-refractivity contribution in [3.8, 4) is 0 Å². The van der Waals surface area contributed by atoms with E-state index in [0.29, 0.717) is 30.6 Å². The van der Waals surface area contributed by atoms with Gasteiger partial charge in [-0.2, -0.15) is 0 Å². The van der Waals surface area contributed by atoms with Crippen LogP contribution in [0, 0.1) is 0 Å². The molecule has 1 aliphatic heterocycles. The van der Waals surface area contributed by atoms with Gasteiger partial charge in [-0.05, 0) is 42.3 Å². The van der Waals surface area contributed by atoms with E-state index in [1.54, 1.807) is 43.3 Å². The summed E-state index contributed by atoms with van der Waals surface area (Å²) in [4.78, 5) is 31.0. The molecule has 3 aromatic rings. The van der Waals surface area contributed by atoms with Gasteiger partial charge in [0.15, 0.2) is 4.80 Å². The van der Waals surface area contributed by atoms with E-state index in [1.165, 1.54) is 23.0 Å². The minimum atomic E-state index is -0.727. The normalized spacial score (nSPS) is 16.3. The van der Waals surface area contributed by atoms with E-state index < -0.39 is 12.0 Å². The molecule has 0 saturated heterocycles. The summed E-state index contributed by atoms with van der Waals surface area (Å²) in [5.41, 5.74) is 1.99. The molecule has 1 atom stereocenters. The Morgan fingerprint density at radius 1 is 1.17 bits per heavy atom. The van der Waals surface area contributed by atoms with Gasteiger partial charge in [-0.1, -0.05) is 64.9 Å². The van der Waals surface area contributed by atoms with Crippen LogP contribution in [0.15, 0.2) is 69.6 Å². The molecule has 1 aromatic heterocycles. The number of carbonyl (C=O) groups excluding carboxylic acids is 1. The van der Waals surface area contributed by atoms with Gasteiger partial charge in [0.1, 0.15) is 6.04 Å². The van der Waals surface area contributed by atoms with E-state index in [0.717, 1.165) is 5.56 Å². The van der Waals surface area contributed by atoms with Crippen LogP contribution in [0.25, 0.3) is 6.08 Å². The van der Waals surface area contributed by atoms with Crippen LogP contribution in [0.4, 0.5) is 0 Å². The molecule has 0 amide bonds. The molecule has 152 valence electrons. The highest BCUT2D eigenvalue weighted by Crippen LogP contribution is 2.34.